The normalized spacial score (nSPS) is 10.9. The van der Waals surface area contributed by atoms with E-state index in [-0.39, 0.29) is 12.3 Å². The number of ether oxygens (including phenoxy) is 1. The van der Waals surface area contributed by atoms with Gasteiger partial charge in [0.2, 0.25) is 0 Å². The Hall–Kier alpha value is -3.12. The summed E-state index contributed by atoms with van der Waals surface area (Å²) in [7, 11) is 1.55. The summed E-state index contributed by atoms with van der Waals surface area (Å²) in [6, 6.07) is 15.8. The Balaban J connectivity index is 2.18. The number of hydrogen-bond acceptors (Lipinski definition) is 4. The SMILES string of the molecule is COc1ccc(C(=O)NC(=Cc2ccccc2)C(=O)NCCCO)cc1. The van der Waals surface area contributed by atoms with E-state index >= 15 is 0 Å². The number of benzene rings is 2. The van der Waals surface area contributed by atoms with Gasteiger partial charge in [-0.05, 0) is 42.3 Å². The molecule has 0 aliphatic carbocycles. The lowest BCUT2D eigenvalue weighted by molar-refractivity contribution is -0.117. The third-order valence-corrected chi connectivity index (χ3v) is 3.58. The highest BCUT2D eigenvalue weighted by Gasteiger charge is 2.14. The minimum Gasteiger partial charge on any atom is -0.497 e. The van der Waals surface area contributed by atoms with E-state index in [4.69, 9.17) is 9.84 Å². The third kappa shape index (κ3) is 5.75. The topological polar surface area (TPSA) is 87.7 Å². The molecule has 2 rings (SSSR count). The maximum absolute atomic E-state index is 12.5. The van der Waals surface area contributed by atoms with E-state index in [1.807, 2.05) is 30.3 Å². The van der Waals surface area contributed by atoms with Gasteiger partial charge in [-0.15, -0.1) is 0 Å². The second kappa shape index (κ2) is 10.0. The highest BCUT2D eigenvalue weighted by atomic mass is 16.5. The predicted octanol–water partition coefficient (Wildman–Crippen LogP) is 1.96. The van der Waals surface area contributed by atoms with Crippen molar-refractivity contribution >= 4 is 17.9 Å². The van der Waals surface area contributed by atoms with Crippen molar-refractivity contribution in [2.24, 2.45) is 0 Å². The molecular formula is C20H22N2O4. The van der Waals surface area contributed by atoms with Crippen LogP contribution in [0.3, 0.4) is 0 Å². The van der Waals surface area contributed by atoms with Crippen LogP contribution in [0.2, 0.25) is 0 Å². The van der Waals surface area contributed by atoms with E-state index in [0.29, 0.717) is 24.3 Å². The summed E-state index contributed by atoms with van der Waals surface area (Å²) in [6.07, 6.45) is 2.05. The fraction of sp³-hybridized carbons (Fsp3) is 0.200. The lowest BCUT2D eigenvalue weighted by Gasteiger charge is -2.11. The molecule has 0 aromatic heterocycles. The maximum Gasteiger partial charge on any atom is 0.267 e. The van der Waals surface area contributed by atoms with Gasteiger partial charge in [0.1, 0.15) is 11.4 Å². The number of aliphatic hydroxyl groups excluding tert-OH is 1. The Morgan fingerprint density at radius 1 is 1.08 bits per heavy atom. The summed E-state index contributed by atoms with van der Waals surface area (Å²) >= 11 is 0. The van der Waals surface area contributed by atoms with Crippen molar-refractivity contribution in [1.29, 1.82) is 0 Å². The first-order chi connectivity index (χ1) is 12.6. The van der Waals surface area contributed by atoms with Gasteiger partial charge in [-0.3, -0.25) is 9.59 Å². The van der Waals surface area contributed by atoms with Crippen LogP contribution >= 0.6 is 0 Å². The van der Waals surface area contributed by atoms with Crippen LogP contribution in [0.5, 0.6) is 5.75 Å². The Bertz CT molecular complexity index is 755. The molecule has 6 nitrogen and oxygen atoms in total. The molecule has 0 saturated carbocycles. The van der Waals surface area contributed by atoms with Crippen LogP contribution in [0.4, 0.5) is 0 Å². The Morgan fingerprint density at radius 2 is 1.77 bits per heavy atom. The fourth-order valence-corrected chi connectivity index (χ4v) is 2.19. The molecule has 0 bridgehead atoms. The van der Waals surface area contributed by atoms with Gasteiger partial charge in [0.05, 0.1) is 7.11 Å². The lowest BCUT2D eigenvalue weighted by atomic mass is 10.1. The summed E-state index contributed by atoms with van der Waals surface area (Å²) in [6.45, 7) is 0.302. The summed E-state index contributed by atoms with van der Waals surface area (Å²) in [4.78, 5) is 24.9. The molecule has 2 aromatic rings. The molecule has 0 unspecified atom stereocenters. The minimum absolute atomic E-state index is 0.0176. The van der Waals surface area contributed by atoms with Crippen molar-refractivity contribution in [3.8, 4) is 5.75 Å². The highest BCUT2D eigenvalue weighted by Crippen LogP contribution is 2.12. The van der Waals surface area contributed by atoms with E-state index in [9.17, 15) is 9.59 Å². The smallest absolute Gasteiger partial charge is 0.267 e. The molecule has 0 heterocycles. The van der Waals surface area contributed by atoms with Crippen molar-refractivity contribution < 1.29 is 19.4 Å². The molecule has 0 aliphatic heterocycles. The van der Waals surface area contributed by atoms with Gasteiger partial charge in [0, 0.05) is 18.7 Å². The zero-order chi connectivity index (χ0) is 18.8. The number of rotatable bonds is 8. The largest absolute Gasteiger partial charge is 0.497 e. The monoisotopic (exact) mass is 354 g/mol. The van der Waals surface area contributed by atoms with Crippen LogP contribution in [0.25, 0.3) is 6.08 Å². The third-order valence-electron chi connectivity index (χ3n) is 3.58. The number of nitrogens with one attached hydrogen (secondary N) is 2. The second-order valence-electron chi connectivity index (χ2n) is 5.48. The standard InChI is InChI=1S/C20H22N2O4/c1-26-17-10-8-16(9-11-17)19(24)22-18(20(25)21-12-5-13-23)14-15-6-3-2-4-7-15/h2-4,6-11,14,23H,5,12-13H2,1H3,(H,21,25)(H,22,24). The molecular weight excluding hydrogens is 332 g/mol. The fourth-order valence-electron chi connectivity index (χ4n) is 2.19. The lowest BCUT2D eigenvalue weighted by Crippen LogP contribution is -2.35. The van der Waals surface area contributed by atoms with E-state index in [2.05, 4.69) is 10.6 Å². The van der Waals surface area contributed by atoms with Gasteiger partial charge in [0.15, 0.2) is 0 Å². The van der Waals surface area contributed by atoms with E-state index < -0.39 is 11.8 Å². The molecule has 26 heavy (non-hydrogen) atoms. The van der Waals surface area contributed by atoms with Gasteiger partial charge < -0.3 is 20.5 Å². The molecule has 0 radical (unpaired) electrons. The predicted molar refractivity (Wildman–Crippen MR) is 99.6 cm³/mol. The van der Waals surface area contributed by atoms with Crippen LogP contribution in [-0.2, 0) is 4.79 Å². The van der Waals surface area contributed by atoms with Crippen LogP contribution in [0, 0.1) is 0 Å². The van der Waals surface area contributed by atoms with Crippen molar-refractivity contribution in [2.45, 2.75) is 6.42 Å². The molecule has 2 amide bonds. The molecule has 0 spiro atoms. The number of amides is 2. The van der Waals surface area contributed by atoms with Gasteiger partial charge in [-0.2, -0.15) is 0 Å². The Morgan fingerprint density at radius 3 is 2.38 bits per heavy atom. The van der Waals surface area contributed by atoms with Crippen molar-refractivity contribution in [3.05, 3.63) is 71.4 Å². The second-order valence-corrected chi connectivity index (χ2v) is 5.48. The van der Waals surface area contributed by atoms with Gasteiger partial charge >= 0.3 is 0 Å². The zero-order valence-electron chi connectivity index (χ0n) is 14.6. The van der Waals surface area contributed by atoms with Crippen LogP contribution in [-0.4, -0.2) is 37.2 Å². The summed E-state index contributed by atoms with van der Waals surface area (Å²) < 4.78 is 5.07. The first-order valence-corrected chi connectivity index (χ1v) is 8.25. The van der Waals surface area contributed by atoms with Gasteiger partial charge in [-0.25, -0.2) is 0 Å². The molecule has 0 atom stereocenters. The number of methoxy groups -OCH3 is 1. The van der Waals surface area contributed by atoms with E-state index in [1.54, 1.807) is 37.5 Å². The first-order valence-electron chi connectivity index (χ1n) is 8.25. The average Bonchev–Trinajstić information content (AvgIpc) is 2.68. The van der Waals surface area contributed by atoms with Crippen molar-refractivity contribution in [3.63, 3.8) is 0 Å². The minimum atomic E-state index is -0.413. The first kappa shape index (κ1) is 19.2. The number of aliphatic hydroxyl groups is 1. The molecule has 6 heteroatoms. The van der Waals surface area contributed by atoms with E-state index in [1.165, 1.54) is 0 Å². The molecule has 3 N–H and O–H groups in total. The average molecular weight is 354 g/mol. The van der Waals surface area contributed by atoms with Gasteiger partial charge in [-0.1, -0.05) is 30.3 Å². The molecule has 136 valence electrons. The number of carbonyl (C=O) groups is 2. The highest BCUT2D eigenvalue weighted by molar-refractivity contribution is 6.05. The number of carbonyl (C=O) groups excluding carboxylic acids is 2. The molecule has 0 fully saturated rings. The summed E-state index contributed by atoms with van der Waals surface area (Å²) in [5.74, 6) is -0.167. The maximum atomic E-state index is 12.5. The van der Waals surface area contributed by atoms with Crippen LogP contribution < -0.4 is 15.4 Å². The Labute approximate surface area is 152 Å². The van der Waals surface area contributed by atoms with Crippen LogP contribution in [0.1, 0.15) is 22.3 Å². The summed E-state index contributed by atoms with van der Waals surface area (Å²) in [5, 5.41) is 14.2. The van der Waals surface area contributed by atoms with E-state index in [0.717, 1.165) is 5.56 Å². The molecule has 2 aromatic carbocycles. The Kier molecular flexibility index (Phi) is 7.39. The molecule has 0 aliphatic rings. The quantitative estimate of drug-likeness (QED) is 0.500. The molecule has 0 saturated heterocycles. The van der Waals surface area contributed by atoms with Crippen molar-refractivity contribution in [1.82, 2.24) is 10.6 Å². The van der Waals surface area contributed by atoms with Gasteiger partial charge in [0.25, 0.3) is 11.8 Å². The zero-order valence-corrected chi connectivity index (χ0v) is 14.6. The summed E-state index contributed by atoms with van der Waals surface area (Å²) in [5.41, 5.74) is 1.33. The van der Waals surface area contributed by atoms with Crippen molar-refractivity contribution in [2.75, 3.05) is 20.3 Å². The van der Waals surface area contributed by atoms with Crippen LogP contribution in [0.15, 0.2) is 60.3 Å². The number of hydrogen-bond donors (Lipinski definition) is 3.